The molecular weight excluding hydrogens is 258 g/mol. The van der Waals surface area contributed by atoms with Crippen LogP contribution >= 0.6 is 0 Å². The highest BCUT2D eigenvalue weighted by atomic mass is 16.6. The first-order valence-electron chi connectivity index (χ1n) is 6.36. The summed E-state index contributed by atoms with van der Waals surface area (Å²) in [6.07, 6.45) is 1.06. The van der Waals surface area contributed by atoms with Gasteiger partial charge in [-0.2, -0.15) is 5.26 Å². The van der Waals surface area contributed by atoms with Crippen LogP contribution < -0.4 is 5.32 Å². The quantitative estimate of drug-likeness (QED) is 0.676. The number of nitrogens with zero attached hydrogens (tertiary/aromatic N) is 2. The third-order valence-electron chi connectivity index (χ3n) is 3.71. The Morgan fingerprint density at radius 3 is 2.70 bits per heavy atom. The van der Waals surface area contributed by atoms with E-state index < -0.39 is 10.3 Å². The molecule has 20 heavy (non-hydrogen) atoms. The van der Waals surface area contributed by atoms with Gasteiger partial charge in [0, 0.05) is 17.3 Å². The second-order valence-corrected chi connectivity index (χ2v) is 5.42. The number of hydrogen-bond donors (Lipinski definition) is 1. The zero-order chi connectivity index (χ0) is 14.9. The molecule has 0 heterocycles. The Balaban J connectivity index is 2.19. The Hall–Kier alpha value is -2.42. The Bertz CT molecular complexity index is 613. The van der Waals surface area contributed by atoms with Gasteiger partial charge in [-0.1, -0.05) is 13.0 Å². The summed E-state index contributed by atoms with van der Waals surface area (Å²) in [5.74, 6) is -0.0241. The molecule has 0 radical (unpaired) electrons. The molecular formula is C14H15N3O3. The van der Waals surface area contributed by atoms with Gasteiger partial charge in [0.25, 0.3) is 5.69 Å². The van der Waals surface area contributed by atoms with Crippen molar-refractivity contribution in [2.45, 2.75) is 26.7 Å². The number of hydrogen-bond acceptors (Lipinski definition) is 4. The highest BCUT2D eigenvalue weighted by Gasteiger charge is 2.49. The highest BCUT2D eigenvalue weighted by Crippen LogP contribution is 2.45. The van der Waals surface area contributed by atoms with Gasteiger partial charge in [-0.05, 0) is 31.7 Å². The number of rotatable bonds is 3. The number of benzene rings is 1. The molecule has 0 unspecified atom stereocenters. The molecule has 1 aliphatic rings. The van der Waals surface area contributed by atoms with E-state index in [1.807, 2.05) is 6.92 Å². The Morgan fingerprint density at radius 1 is 1.55 bits per heavy atom. The Labute approximate surface area is 116 Å². The standard InChI is InChI=1S/C14H15N3O3/c1-9-6-14(7-9,8-15)13(18)16-11-4-3-10(2)12(5-11)17(19)20/h3-5,9H,6-7H2,1-2H3,(H,16,18). The molecule has 1 aromatic carbocycles. The van der Waals surface area contributed by atoms with E-state index in [2.05, 4.69) is 11.4 Å². The van der Waals surface area contributed by atoms with Crippen LogP contribution in [-0.2, 0) is 4.79 Å². The van der Waals surface area contributed by atoms with Crippen LogP contribution in [0.5, 0.6) is 0 Å². The molecule has 0 spiro atoms. The maximum absolute atomic E-state index is 12.2. The van der Waals surface area contributed by atoms with Crippen molar-refractivity contribution in [3.8, 4) is 6.07 Å². The first-order valence-corrected chi connectivity index (χ1v) is 6.36. The third kappa shape index (κ3) is 2.35. The van der Waals surface area contributed by atoms with Crippen molar-refractivity contribution >= 4 is 17.3 Å². The van der Waals surface area contributed by atoms with Gasteiger partial charge < -0.3 is 5.32 Å². The highest BCUT2D eigenvalue weighted by molar-refractivity contribution is 5.98. The third-order valence-corrected chi connectivity index (χ3v) is 3.71. The van der Waals surface area contributed by atoms with E-state index in [4.69, 9.17) is 0 Å². The van der Waals surface area contributed by atoms with Crippen LogP contribution in [0.4, 0.5) is 11.4 Å². The number of carbonyl (C=O) groups excluding carboxylic acids is 1. The number of aryl methyl sites for hydroxylation is 1. The van der Waals surface area contributed by atoms with Crippen LogP contribution in [0.15, 0.2) is 18.2 Å². The SMILES string of the molecule is Cc1ccc(NC(=O)C2(C#N)CC(C)C2)cc1[N+](=O)[O-]. The monoisotopic (exact) mass is 273 g/mol. The van der Waals surface area contributed by atoms with E-state index in [1.165, 1.54) is 6.07 Å². The molecule has 0 bridgehead atoms. The van der Waals surface area contributed by atoms with Crippen LogP contribution in [-0.4, -0.2) is 10.8 Å². The molecule has 0 aromatic heterocycles. The van der Waals surface area contributed by atoms with Crippen LogP contribution in [0.25, 0.3) is 0 Å². The van der Waals surface area contributed by atoms with Crippen molar-refractivity contribution in [3.05, 3.63) is 33.9 Å². The van der Waals surface area contributed by atoms with Gasteiger partial charge in [-0.15, -0.1) is 0 Å². The minimum Gasteiger partial charge on any atom is -0.324 e. The first-order chi connectivity index (χ1) is 9.38. The number of carbonyl (C=O) groups is 1. The molecule has 6 nitrogen and oxygen atoms in total. The number of nitrogens with one attached hydrogen (secondary N) is 1. The van der Waals surface area contributed by atoms with Crippen molar-refractivity contribution in [1.82, 2.24) is 0 Å². The van der Waals surface area contributed by atoms with E-state index in [-0.39, 0.29) is 11.6 Å². The number of nitro groups is 1. The second-order valence-electron chi connectivity index (χ2n) is 5.42. The predicted octanol–water partition coefficient (Wildman–Crippen LogP) is 2.78. The lowest BCUT2D eigenvalue weighted by atomic mass is 9.63. The maximum atomic E-state index is 12.2. The zero-order valence-electron chi connectivity index (χ0n) is 11.3. The zero-order valence-corrected chi connectivity index (χ0v) is 11.3. The van der Waals surface area contributed by atoms with Gasteiger partial charge in [0.05, 0.1) is 11.0 Å². The molecule has 1 aliphatic carbocycles. The van der Waals surface area contributed by atoms with Crippen LogP contribution in [0.3, 0.4) is 0 Å². The Morgan fingerprint density at radius 2 is 2.20 bits per heavy atom. The van der Waals surface area contributed by atoms with Crippen molar-refractivity contribution in [3.63, 3.8) is 0 Å². The fraction of sp³-hybridized carbons (Fsp3) is 0.429. The fourth-order valence-electron chi connectivity index (χ4n) is 2.59. The average molecular weight is 273 g/mol. The lowest BCUT2D eigenvalue weighted by Crippen LogP contribution is -2.45. The summed E-state index contributed by atoms with van der Waals surface area (Å²) < 4.78 is 0. The summed E-state index contributed by atoms with van der Waals surface area (Å²) in [4.78, 5) is 22.5. The topological polar surface area (TPSA) is 96.0 Å². The number of nitriles is 1. The molecule has 2 rings (SSSR count). The minimum atomic E-state index is -0.987. The van der Waals surface area contributed by atoms with E-state index >= 15 is 0 Å². The molecule has 104 valence electrons. The molecule has 1 aromatic rings. The summed E-state index contributed by atoms with van der Waals surface area (Å²) >= 11 is 0. The molecule has 0 atom stereocenters. The summed E-state index contributed by atoms with van der Waals surface area (Å²) in [5, 5.41) is 22.6. The summed E-state index contributed by atoms with van der Waals surface area (Å²) in [7, 11) is 0. The van der Waals surface area contributed by atoms with Gasteiger partial charge in [-0.25, -0.2) is 0 Å². The van der Waals surface area contributed by atoms with Crippen molar-refractivity contribution in [2.24, 2.45) is 11.3 Å². The first kappa shape index (κ1) is 14.0. The maximum Gasteiger partial charge on any atom is 0.274 e. The van der Waals surface area contributed by atoms with E-state index in [9.17, 15) is 20.2 Å². The van der Waals surface area contributed by atoms with Crippen LogP contribution in [0.1, 0.15) is 25.3 Å². The second kappa shape index (κ2) is 4.93. The number of anilines is 1. The molecule has 0 aliphatic heterocycles. The largest absolute Gasteiger partial charge is 0.324 e. The Kier molecular flexibility index (Phi) is 3.45. The fourth-order valence-corrected chi connectivity index (χ4v) is 2.59. The minimum absolute atomic E-state index is 0.0456. The smallest absolute Gasteiger partial charge is 0.274 e. The summed E-state index contributed by atoms with van der Waals surface area (Å²) in [6.45, 7) is 3.62. The number of nitro benzene ring substituents is 1. The van der Waals surface area contributed by atoms with Crippen molar-refractivity contribution in [1.29, 1.82) is 5.26 Å². The molecule has 1 fully saturated rings. The lowest BCUT2D eigenvalue weighted by molar-refractivity contribution is -0.385. The van der Waals surface area contributed by atoms with Gasteiger partial charge in [0.1, 0.15) is 5.41 Å². The normalized spacial score (nSPS) is 24.4. The van der Waals surface area contributed by atoms with Gasteiger partial charge in [0.15, 0.2) is 0 Å². The van der Waals surface area contributed by atoms with E-state index in [0.29, 0.717) is 30.0 Å². The predicted molar refractivity (Wildman–Crippen MR) is 72.9 cm³/mol. The van der Waals surface area contributed by atoms with Crippen LogP contribution in [0.2, 0.25) is 0 Å². The summed E-state index contributed by atoms with van der Waals surface area (Å²) in [6, 6.07) is 6.57. The molecule has 1 saturated carbocycles. The van der Waals surface area contributed by atoms with Gasteiger partial charge in [-0.3, -0.25) is 14.9 Å². The van der Waals surface area contributed by atoms with Crippen molar-refractivity contribution < 1.29 is 9.72 Å². The van der Waals surface area contributed by atoms with E-state index in [1.54, 1.807) is 19.1 Å². The van der Waals surface area contributed by atoms with Gasteiger partial charge >= 0.3 is 0 Å². The molecule has 0 saturated heterocycles. The average Bonchev–Trinajstić information content (AvgIpc) is 2.36. The van der Waals surface area contributed by atoms with E-state index in [0.717, 1.165) is 0 Å². The van der Waals surface area contributed by atoms with Crippen molar-refractivity contribution in [2.75, 3.05) is 5.32 Å². The lowest BCUT2D eigenvalue weighted by Gasteiger charge is -2.39. The number of amides is 1. The van der Waals surface area contributed by atoms with Crippen LogP contribution in [0, 0.1) is 39.7 Å². The van der Waals surface area contributed by atoms with Gasteiger partial charge in [0.2, 0.25) is 5.91 Å². The molecule has 1 N–H and O–H groups in total. The molecule has 6 heteroatoms. The summed E-state index contributed by atoms with van der Waals surface area (Å²) in [5.41, 5.74) is -0.156. The molecule has 1 amide bonds.